The standard InChI is InChI=1S/C16H17F2N3O3S/c17-13-4-5-15(18)12(9-13)11-25(22,23)21-8-1-3-14(10-21)24-16-19-6-2-7-20-16/h2,4-7,9,14H,1,3,8,10-11H2. The molecule has 9 heteroatoms. The van der Waals surface area contributed by atoms with E-state index in [1.54, 1.807) is 6.07 Å². The molecule has 134 valence electrons. The van der Waals surface area contributed by atoms with Crippen molar-refractivity contribution in [2.75, 3.05) is 13.1 Å². The fourth-order valence-electron chi connectivity index (χ4n) is 2.69. The zero-order valence-electron chi connectivity index (χ0n) is 13.3. The summed E-state index contributed by atoms with van der Waals surface area (Å²) in [7, 11) is -3.79. The van der Waals surface area contributed by atoms with Crippen molar-refractivity contribution in [2.24, 2.45) is 0 Å². The van der Waals surface area contributed by atoms with Crippen LogP contribution in [0, 0.1) is 11.6 Å². The van der Waals surface area contributed by atoms with Crippen molar-refractivity contribution in [3.63, 3.8) is 0 Å². The monoisotopic (exact) mass is 369 g/mol. The first-order valence-corrected chi connectivity index (χ1v) is 9.40. The molecule has 0 saturated carbocycles. The lowest BCUT2D eigenvalue weighted by Gasteiger charge is -2.31. The van der Waals surface area contributed by atoms with Gasteiger partial charge < -0.3 is 4.74 Å². The largest absolute Gasteiger partial charge is 0.459 e. The van der Waals surface area contributed by atoms with Crippen LogP contribution < -0.4 is 4.74 Å². The fourth-order valence-corrected chi connectivity index (χ4v) is 4.29. The van der Waals surface area contributed by atoms with Gasteiger partial charge in [-0.1, -0.05) is 0 Å². The van der Waals surface area contributed by atoms with Gasteiger partial charge in [0.2, 0.25) is 10.0 Å². The Morgan fingerprint density at radius 2 is 2.00 bits per heavy atom. The van der Waals surface area contributed by atoms with Crippen molar-refractivity contribution in [2.45, 2.75) is 24.7 Å². The van der Waals surface area contributed by atoms with Gasteiger partial charge in [0.15, 0.2) is 0 Å². The highest BCUT2D eigenvalue weighted by Crippen LogP contribution is 2.21. The Balaban J connectivity index is 1.70. The van der Waals surface area contributed by atoms with Crippen LogP contribution in [0.4, 0.5) is 8.78 Å². The number of ether oxygens (including phenoxy) is 1. The van der Waals surface area contributed by atoms with Crippen LogP contribution in [0.1, 0.15) is 18.4 Å². The lowest BCUT2D eigenvalue weighted by Crippen LogP contribution is -2.45. The van der Waals surface area contributed by atoms with E-state index in [2.05, 4.69) is 9.97 Å². The molecule has 1 aliphatic rings. The topological polar surface area (TPSA) is 72.4 Å². The smallest absolute Gasteiger partial charge is 0.316 e. The van der Waals surface area contributed by atoms with Crippen LogP contribution in [-0.4, -0.2) is 41.9 Å². The van der Waals surface area contributed by atoms with E-state index in [9.17, 15) is 17.2 Å². The first-order chi connectivity index (χ1) is 11.9. The summed E-state index contributed by atoms with van der Waals surface area (Å²) in [5.41, 5.74) is -0.186. The van der Waals surface area contributed by atoms with Gasteiger partial charge in [0.1, 0.15) is 17.7 Å². The maximum absolute atomic E-state index is 13.7. The molecule has 1 saturated heterocycles. The molecule has 1 aliphatic heterocycles. The highest BCUT2D eigenvalue weighted by Gasteiger charge is 2.31. The Morgan fingerprint density at radius 1 is 1.24 bits per heavy atom. The average molecular weight is 369 g/mol. The number of benzene rings is 1. The second-order valence-electron chi connectivity index (χ2n) is 5.76. The summed E-state index contributed by atoms with van der Waals surface area (Å²) in [5, 5.41) is 0. The molecule has 1 fully saturated rings. The van der Waals surface area contributed by atoms with E-state index in [-0.39, 0.29) is 24.2 Å². The Labute approximate surface area is 144 Å². The summed E-state index contributed by atoms with van der Waals surface area (Å²) in [4.78, 5) is 7.91. The Morgan fingerprint density at radius 3 is 2.76 bits per heavy atom. The number of rotatable bonds is 5. The number of hydrogen-bond acceptors (Lipinski definition) is 5. The van der Waals surface area contributed by atoms with Crippen LogP contribution in [0.15, 0.2) is 36.7 Å². The van der Waals surface area contributed by atoms with Crippen molar-refractivity contribution < 1.29 is 21.9 Å². The quantitative estimate of drug-likeness (QED) is 0.807. The van der Waals surface area contributed by atoms with E-state index in [1.165, 1.54) is 16.7 Å². The first kappa shape index (κ1) is 17.7. The van der Waals surface area contributed by atoms with Crippen molar-refractivity contribution in [1.29, 1.82) is 0 Å². The molecule has 0 aliphatic carbocycles. The normalized spacial score (nSPS) is 18.9. The molecule has 2 heterocycles. The van der Waals surface area contributed by atoms with E-state index >= 15 is 0 Å². The molecule has 0 radical (unpaired) electrons. The number of aromatic nitrogens is 2. The van der Waals surface area contributed by atoms with Crippen LogP contribution in [0.5, 0.6) is 6.01 Å². The predicted molar refractivity (Wildman–Crippen MR) is 86.2 cm³/mol. The van der Waals surface area contributed by atoms with E-state index in [1.807, 2.05) is 0 Å². The summed E-state index contributed by atoms with van der Waals surface area (Å²) < 4.78 is 59.0. The highest BCUT2D eigenvalue weighted by atomic mass is 32.2. The van der Waals surface area contributed by atoms with Crippen LogP contribution >= 0.6 is 0 Å². The van der Waals surface area contributed by atoms with Gasteiger partial charge in [-0.2, -0.15) is 4.31 Å². The van der Waals surface area contributed by atoms with Gasteiger partial charge in [0.05, 0.1) is 12.3 Å². The van der Waals surface area contributed by atoms with E-state index in [0.717, 1.165) is 18.2 Å². The number of sulfonamides is 1. The number of nitrogens with zero attached hydrogens (tertiary/aromatic N) is 3. The molecule has 1 aromatic heterocycles. The highest BCUT2D eigenvalue weighted by molar-refractivity contribution is 7.88. The minimum Gasteiger partial charge on any atom is -0.459 e. The van der Waals surface area contributed by atoms with Crippen molar-refractivity contribution in [1.82, 2.24) is 14.3 Å². The summed E-state index contributed by atoms with van der Waals surface area (Å²) in [6, 6.07) is 4.62. The Kier molecular flexibility index (Phi) is 5.24. The predicted octanol–water partition coefficient (Wildman–Crippen LogP) is 2.13. The van der Waals surface area contributed by atoms with Crippen LogP contribution in [-0.2, 0) is 15.8 Å². The maximum Gasteiger partial charge on any atom is 0.316 e. The van der Waals surface area contributed by atoms with Crippen LogP contribution in [0.25, 0.3) is 0 Å². The van der Waals surface area contributed by atoms with Crippen LogP contribution in [0.3, 0.4) is 0 Å². The summed E-state index contributed by atoms with van der Waals surface area (Å²) >= 11 is 0. The maximum atomic E-state index is 13.7. The number of piperidine rings is 1. The van der Waals surface area contributed by atoms with Crippen molar-refractivity contribution in [3.05, 3.63) is 53.9 Å². The third-order valence-corrected chi connectivity index (χ3v) is 5.69. The zero-order chi connectivity index (χ0) is 17.9. The number of hydrogen-bond donors (Lipinski definition) is 0. The summed E-state index contributed by atoms with van der Waals surface area (Å²) in [6.45, 7) is 0.437. The molecule has 0 N–H and O–H groups in total. The van der Waals surface area contributed by atoms with Crippen LogP contribution in [0.2, 0.25) is 0 Å². The van der Waals surface area contributed by atoms with Gasteiger partial charge in [-0.15, -0.1) is 0 Å². The lowest BCUT2D eigenvalue weighted by atomic mass is 10.1. The number of halogens is 2. The molecule has 25 heavy (non-hydrogen) atoms. The molecule has 2 aromatic rings. The minimum absolute atomic E-state index is 0.123. The molecular weight excluding hydrogens is 352 g/mol. The van der Waals surface area contributed by atoms with E-state index < -0.39 is 27.4 Å². The fraction of sp³-hybridized carbons (Fsp3) is 0.375. The van der Waals surface area contributed by atoms with Crippen molar-refractivity contribution in [3.8, 4) is 6.01 Å². The van der Waals surface area contributed by atoms with E-state index in [0.29, 0.717) is 19.4 Å². The molecule has 0 spiro atoms. The van der Waals surface area contributed by atoms with Gasteiger partial charge in [-0.25, -0.2) is 27.2 Å². The molecular formula is C16H17F2N3O3S. The van der Waals surface area contributed by atoms with Crippen molar-refractivity contribution >= 4 is 10.0 Å². The zero-order valence-corrected chi connectivity index (χ0v) is 14.1. The van der Waals surface area contributed by atoms with Gasteiger partial charge in [0, 0.05) is 24.5 Å². The minimum atomic E-state index is -3.79. The molecule has 3 rings (SSSR count). The SMILES string of the molecule is O=S(=O)(Cc1cc(F)ccc1F)N1CCCC(Oc2ncccn2)C1. The Bertz CT molecular complexity index is 834. The summed E-state index contributed by atoms with van der Waals surface area (Å²) in [5.74, 6) is -2.01. The molecule has 6 nitrogen and oxygen atoms in total. The first-order valence-electron chi connectivity index (χ1n) is 7.79. The molecule has 1 atom stereocenters. The average Bonchev–Trinajstić information content (AvgIpc) is 2.59. The molecule has 0 bridgehead atoms. The second kappa shape index (κ2) is 7.40. The molecule has 1 aromatic carbocycles. The van der Waals surface area contributed by atoms with Gasteiger partial charge in [0.25, 0.3) is 0 Å². The van der Waals surface area contributed by atoms with Gasteiger partial charge >= 0.3 is 6.01 Å². The van der Waals surface area contributed by atoms with E-state index in [4.69, 9.17) is 4.74 Å². The Hall–Kier alpha value is -2.13. The molecule has 1 unspecified atom stereocenters. The molecule has 0 amide bonds. The third-order valence-electron chi connectivity index (χ3n) is 3.89. The van der Waals surface area contributed by atoms with Gasteiger partial charge in [-0.3, -0.25) is 0 Å². The van der Waals surface area contributed by atoms with Gasteiger partial charge in [-0.05, 0) is 37.1 Å². The summed E-state index contributed by atoms with van der Waals surface area (Å²) in [6.07, 6.45) is 3.95. The second-order valence-corrected chi connectivity index (χ2v) is 7.73. The third kappa shape index (κ3) is 4.49. The lowest BCUT2D eigenvalue weighted by molar-refractivity contribution is 0.119.